The number of rotatable bonds is 4. The molecule has 1 aliphatic rings. The predicted molar refractivity (Wildman–Crippen MR) is 81.7 cm³/mol. The Kier molecular flexibility index (Phi) is 3.52. The summed E-state index contributed by atoms with van der Waals surface area (Å²) in [6, 6.07) is 21.1. The first-order valence-electron chi connectivity index (χ1n) is 7.04. The van der Waals surface area contributed by atoms with Gasteiger partial charge in [0, 0.05) is 11.1 Å². The molecule has 0 atom stereocenters. The summed E-state index contributed by atoms with van der Waals surface area (Å²) in [4.78, 5) is 0. The molecule has 0 amide bonds. The van der Waals surface area contributed by atoms with Gasteiger partial charge in [-0.1, -0.05) is 65.8 Å². The first-order valence-corrected chi connectivity index (χ1v) is 7.04. The zero-order valence-corrected chi connectivity index (χ0v) is 11.6. The Hall–Kier alpha value is -2.13. The molecule has 0 radical (unpaired) electrons. The highest BCUT2D eigenvalue weighted by molar-refractivity contribution is 5.80. The Morgan fingerprint density at radius 2 is 1.35 bits per heavy atom. The number of hydrogen-bond acceptors (Lipinski definition) is 2. The van der Waals surface area contributed by atoms with Gasteiger partial charge in [-0.25, -0.2) is 0 Å². The Morgan fingerprint density at radius 3 is 1.75 bits per heavy atom. The highest BCUT2D eigenvalue weighted by Crippen LogP contribution is 2.25. The van der Waals surface area contributed by atoms with Crippen LogP contribution in [0, 0.1) is 0 Å². The van der Waals surface area contributed by atoms with Crippen molar-refractivity contribution in [1.82, 2.24) is 0 Å². The maximum atomic E-state index is 5.95. The lowest BCUT2D eigenvalue weighted by Crippen LogP contribution is -2.39. The quantitative estimate of drug-likeness (QED) is 0.849. The fourth-order valence-corrected chi connectivity index (χ4v) is 2.83. The molecule has 2 aromatic carbocycles. The van der Waals surface area contributed by atoms with Crippen molar-refractivity contribution >= 4 is 5.84 Å². The van der Waals surface area contributed by atoms with Gasteiger partial charge in [0.05, 0.1) is 6.42 Å². The van der Waals surface area contributed by atoms with Crippen molar-refractivity contribution in [2.24, 2.45) is 10.8 Å². The summed E-state index contributed by atoms with van der Waals surface area (Å²) in [5.41, 5.74) is 8.57. The van der Waals surface area contributed by atoms with Gasteiger partial charge in [-0.15, -0.1) is 0 Å². The first-order chi connectivity index (χ1) is 9.76. The minimum absolute atomic E-state index is 0.680. The summed E-state index contributed by atoms with van der Waals surface area (Å²) < 4.78 is 0.680. The van der Waals surface area contributed by atoms with E-state index in [1.807, 2.05) is 12.1 Å². The van der Waals surface area contributed by atoms with Crippen molar-refractivity contribution in [2.75, 3.05) is 6.54 Å². The molecule has 1 heterocycles. The van der Waals surface area contributed by atoms with E-state index >= 15 is 0 Å². The van der Waals surface area contributed by atoms with Crippen LogP contribution in [0.25, 0.3) is 0 Å². The molecular weight excluding hydrogens is 246 g/mol. The molecule has 102 valence electrons. The lowest BCUT2D eigenvalue weighted by Gasteiger charge is -2.28. The summed E-state index contributed by atoms with van der Waals surface area (Å²) in [7, 11) is 0. The number of nitrogens with zero attached hydrogens (tertiary/aromatic N) is 2. The molecule has 1 aliphatic heterocycles. The van der Waals surface area contributed by atoms with E-state index in [4.69, 9.17) is 10.8 Å². The molecule has 0 saturated carbocycles. The van der Waals surface area contributed by atoms with Crippen LogP contribution in [0.3, 0.4) is 0 Å². The van der Waals surface area contributed by atoms with E-state index in [0.717, 1.165) is 31.9 Å². The maximum absolute atomic E-state index is 5.95. The highest BCUT2D eigenvalue weighted by atomic mass is 15.6. The number of benzene rings is 2. The maximum Gasteiger partial charge on any atom is 0.161 e. The van der Waals surface area contributed by atoms with Crippen LogP contribution in [0.15, 0.2) is 65.8 Å². The van der Waals surface area contributed by atoms with Gasteiger partial charge in [-0.05, 0) is 0 Å². The van der Waals surface area contributed by atoms with Crippen LogP contribution in [-0.2, 0) is 13.1 Å². The second kappa shape index (κ2) is 5.47. The summed E-state index contributed by atoms with van der Waals surface area (Å²) in [5, 5.41) is 4.74. The number of hydrogen-bond donors (Lipinski definition) is 1. The largest absolute Gasteiger partial charge is 0.383 e. The Morgan fingerprint density at radius 1 is 0.850 bits per heavy atom. The molecule has 3 nitrogen and oxygen atoms in total. The summed E-state index contributed by atoms with van der Waals surface area (Å²) in [6.45, 7) is 2.78. The van der Waals surface area contributed by atoms with E-state index in [-0.39, 0.29) is 0 Å². The second-order valence-corrected chi connectivity index (χ2v) is 5.45. The third-order valence-corrected chi connectivity index (χ3v) is 3.76. The van der Waals surface area contributed by atoms with Crippen LogP contribution < -0.4 is 5.73 Å². The summed E-state index contributed by atoms with van der Waals surface area (Å²) >= 11 is 0. The minimum Gasteiger partial charge on any atom is -0.383 e. The van der Waals surface area contributed by atoms with Crippen molar-refractivity contribution < 1.29 is 4.59 Å². The molecule has 0 spiro atoms. The van der Waals surface area contributed by atoms with Crippen LogP contribution in [0.1, 0.15) is 17.5 Å². The van der Waals surface area contributed by atoms with Crippen molar-refractivity contribution in [1.29, 1.82) is 0 Å². The molecule has 3 heteroatoms. The van der Waals surface area contributed by atoms with Gasteiger partial charge >= 0.3 is 0 Å². The zero-order chi connectivity index (χ0) is 13.8. The molecule has 0 unspecified atom stereocenters. The predicted octanol–water partition coefficient (Wildman–Crippen LogP) is 2.88. The molecule has 2 N–H and O–H groups in total. The first kappa shape index (κ1) is 12.9. The van der Waals surface area contributed by atoms with Crippen LogP contribution in [0.5, 0.6) is 0 Å². The standard InChI is InChI=1S/C17H20N3/c18-17-11-12-20(19-17,13-15-7-3-1-4-8-15)14-16-9-5-2-6-10-16/h1-10H,11-14H2,(H2,18,19)/q+1. The van der Waals surface area contributed by atoms with Gasteiger partial charge in [-0.2, -0.15) is 4.59 Å². The monoisotopic (exact) mass is 266 g/mol. The normalized spacial score (nSPS) is 16.9. The number of nitrogens with two attached hydrogens (primary N) is 1. The molecule has 20 heavy (non-hydrogen) atoms. The van der Waals surface area contributed by atoms with E-state index in [1.165, 1.54) is 11.1 Å². The van der Waals surface area contributed by atoms with Gasteiger partial charge in [0.25, 0.3) is 0 Å². The molecule has 0 bridgehead atoms. The Balaban J connectivity index is 1.86. The second-order valence-electron chi connectivity index (χ2n) is 5.45. The average Bonchev–Trinajstić information content (AvgIpc) is 2.82. The average molecular weight is 266 g/mol. The lowest BCUT2D eigenvalue weighted by atomic mass is 10.1. The van der Waals surface area contributed by atoms with Gasteiger partial charge in [0.15, 0.2) is 5.84 Å². The van der Waals surface area contributed by atoms with Crippen LogP contribution in [0.4, 0.5) is 0 Å². The SMILES string of the molecule is NC1=N[N+](Cc2ccccc2)(Cc2ccccc2)CC1. The zero-order valence-electron chi connectivity index (χ0n) is 11.6. The molecule has 0 aromatic heterocycles. The molecule has 2 aromatic rings. The van der Waals surface area contributed by atoms with E-state index in [1.54, 1.807) is 0 Å². The van der Waals surface area contributed by atoms with E-state index in [2.05, 4.69) is 48.5 Å². The summed E-state index contributed by atoms with van der Waals surface area (Å²) in [5.74, 6) is 0.775. The van der Waals surface area contributed by atoms with E-state index in [9.17, 15) is 0 Å². The van der Waals surface area contributed by atoms with Gasteiger partial charge in [-0.3, -0.25) is 0 Å². The van der Waals surface area contributed by atoms with Crippen molar-refractivity contribution in [3.63, 3.8) is 0 Å². The highest BCUT2D eigenvalue weighted by Gasteiger charge is 2.34. The minimum atomic E-state index is 0.680. The van der Waals surface area contributed by atoms with Gasteiger partial charge in [0.1, 0.15) is 19.6 Å². The van der Waals surface area contributed by atoms with Gasteiger partial charge < -0.3 is 5.73 Å². The molecule has 0 fully saturated rings. The fourth-order valence-electron chi connectivity index (χ4n) is 2.83. The molecule has 0 aliphatic carbocycles. The molecule has 0 saturated heterocycles. The van der Waals surface area contributed by atoms with Crippen molar-refractivity contribution in [3.05, 3.63) is 71.8 Å². The molecule has 3 rings (SSSR count). The Labute approximate surface area is 119 Å². The summed E-state index contributed by atoms with van der Waals surface area (Å²) in [6.07, 6.45) is 0.889. The Bertz CT molecular complexity index is 549. The fraction of sp³-hybridized carbons (Fsp3) is 0.235. The van der Waals surface area contributed by atoms with Crippen molar-refractivity contribution in [3.8, 4) is 0 Å². The number of quaternary nitrogens is 1. The van der Waals surface area contributed by atoms with Crippen LogP contribution >= 0.6 is 0 Å². The van der Waals surface area contributed by atoms with E-state index < -0.39 is 0 Å². The number of amidine groups is 1. The topological polar surface area (TPSA) is 38.4 Å². The third-order valence-electron chi connectivity index (χ3n) is 3.76. The third kappa shape index (κ3) is 2.89. The van der Waals surface area contributed by atoms with E-state index in [0.29, 0.717) is 4.59 Å². The molecular formula is C17H20N3+. The van der Waals surface area contributed by atoms with Gasteiger partial charge in [0.2, 0.25) is 0 Å². The van der Waals surface area contributed by atoms with Crippen LogP contribution in [-0.4, -0.2) is 17.0 Å². The van der Waals surface area contributed by atoms with Crippen molar-refractivity contribution in [2.45, 2.75) is 19.5 Å². The van der Waals surface area contributed by atoms with Crippen LogP contribution in [0.2, 0.25) is 0 Å². The lowest BCUT2D eigenvalue weighted by molar-refractivity contribution is -0.954. The smallest absolute Gasteiger partial charge is 0.161 e.